The van der Waals surface area contributed by atoms with E-state index in [2.05, 4.69) is 6.92 Å². The molecule has 0 aliphatic heterocycles. The maximum atomic E-state index is 11.1. The topological polar surface area (TPSA) is 81.6 Å². The minimum absolute atomic E-state index is 0.261. The van der Waals surface area contributed by atoms with Gasteiger partial charge in [-0.05, 0) is 30.7 Å². The first kappa shape index (κ1) is 15.3. The second kappa shape index (κ2) is 7.63. The van der Waals surface area contributed by atoms with Crippen LogP contribution in [0.2, 0.25) is 0 Å². The van der Waals surface area contributed by atoms with Crippen molar-refractivity contribution in [2.24, 2.45) is 5.73 Å². The molecule has 4 N–H and O–H groups in total. The minimum Gasteiger partial charge on any atom is -0.497 e. The van der Waals surface area contributed by atoms with Crippen LogP contribution in [0, 0.1) is 0 Å². The zero-order chi connectivity index (χ0) is 14.3. The molecular formula is C14H23N3O2. The first-order chi connectivity index (χ1) is 9.05. The van der Waals surface area contributed by atoms with Crippen LogP contribution in [0.25, 0.3) is 0 Å². The van der Waals surface area contributed by atoms with E-state index in [1.165, 1.54) is 0 Å². The normalized spacial score (nSPS) is 10.7. The van der Waals surface area contributed by atoms with Crippen LogP contribution < -0.4 is 16.2 Å². The number of unbranched alkanes of at least 4 members (excludes halogenated alkanes) is 1. The third-order valence-electron chi connectivity index (χ3n) is 2.84. The highest BCUT2D eigenvalue weighted by Gasteiger charge is 2.10. The number of amides is 1. The molecule has 1 rings (SSSR count). The van der Waals surface area contributed by atoms with Crippen molar-refractivity contribution >= 4 is 11.6 Å². The Labute approximate surface area is 114 Å². The van der Waals surface area contributed by atoms with E-state index >= 15 is 0 Å². The third-order valence-corrected chi connectivity index (χ3v) is 2.84. The highest BCUT2D eigenvalue weighted by molar-refractivity contribution is 5.75. The molecule has 0 aromatic heterocycles. The van der Waals surface area contributed by atoms with Crippen molar-refractivity contribution in [2.45, 2.75) is 26.3 Å². The van der Waals surface area contributed by atoms with Gasteiger partial charge in [0.05, 0.1) is 13.7 Å². The molecule has 5 heteroatoms. The van der Waals surface area contributed by atoms with Gasteiger partial charge in [0, 0.05) is 18.3 Å². The molecule has 0 atom stereocenters. The van der Waals surface area contributed by atoms with E-state index in [4.69, 9.17) is 16.2 Å². The van der Waals surface area contributed by atoms with Crippen molar-refractivity contribution in [1.82, 2.24) is 4.90 Å². The van der Waals surface area contributed by atoms with Gasteiger partial charge in [0.25, 0.3) is 0 Å². The van der Waals surface area contributed by atoms with Gasteiger partial charge in [-0.25, -0.2) is 0 Å². The summed E-state index contributed by atoms with van der Waals surface area (Å²) in [4.78, 5) is 13.1. The Bertz CT molecular complexity index is 421. The Kier molecular flexibility index (Phi) is 6.15. The van der Waals surface area contributed by atoms with Crippen molar-refractivity contribution in [1.29, 1.82) is 0 Å². The molecule has 0 aliphatic rings. The quantitative estimate of drug-likeness (QED) is 0.695. The van der Waals surface area contributed by atoms with Gasteiger partial charge in [0.1, 0.15) is 5.75 Å². The molecule has 0 heterocycles. The fourth-order valence-electron chi connectivity index (χ4n) is 1.97. The highest BCUT2D eigenvalue weighted by atomic mass is 16.5. The van der Waals surface area contributed by atoms with Crippen LogP contribution in [0.1, 0.15) is 25.3 Å². The smallest absolute Gasteiger partial charge is 0.231 e. The van der Waals surface area contributed by atoms with Crippen LogP contribution in [0.5, 0.6) is 5.75 Å². The zero-order valence-electron chi connectivity index (χ0n) is 11.7. The number of nitrogens with two attached hydrogens (primary N) is 2. The van der Waals surface area contributed by atoms with Gasteiger partial charge in [0.2, 0.25) is 5.91 Å². The molecule has 0 spiro atoms. The van der Waals surface area contributed by atoms with E-state index < -0.39 is 0 Å². The molecule has 0 aliphatic carbocycles. The number of hydrogen-bond donors (Lipinski definition) is 2. The van der Waals surface area contributed by atoms with Crippen LogP contribution in [0.15, 0.2) is 18.2 Å². The van der Waals surface area contributed by atoms with Crippen molar-refractivity contribution in [2.75, 3.05) is 25.9 Å². The Morgan fingerprint density at radius 2 is 2.11 bits per heavy atom. The summed E-state index contributed by atoms with van der Waals surface area (Å²) in [6.07, 6.45) is 2.11. The van der Waals surface area contributed by atoms with Gasteiger partial charge < -0.3 is 16.2 Å². The summed E-state index contributed by atoms with van der Waals surface area (Å²) in [6.45, 7) is 3.87. The van der Waals surface area contributed by atoms with E-state index in [1.54, 1.807) is 13.2 Å². The van der Waals surface area contributed by atoms with Crippen LogP contribution in [-0.4, -0.2) is 31.0 Å². The summed E-state index contributed by atoms with van der Waals surface area (Å²) in [5.41, 5.74) is 12.8. The maximum absolute atomic E-state index is 11.1. The number of hydrogen-bond acceptors (Lipinski definition) is 4. The fourth-order valence-corrected chi connectivity index (χ4v) is 1.97. The van der Waals surface area contributed by atoms with Crippen molar-refractivity contribution < 1.29 is 9.53 Å². The maximum Gasteiger partial charge on any atom is 0.231 e. The summed E-state index contributed by atoms with van der Waals surface area (Å²) in [5.74, 6) is 0.413. The van der Waals surface area contributed by atoms with Gasteiger partial charge in [0.15, 0.2) is 0 Å². The monoisotopic (exact) mass is 265 g/mol. The highest BCUT2D eigenvalue weighted by Crippen LogP contribution is 2.19. The predicted molar refractivity (Wildman–Crippen MR) is 76.8 cm³/mol. The summed E-state index contributed by atoms with van der Waals surface area (Å²) in [6, 6.07) is 5.59. The van der Waals surface area contributed by atoms with E-state index in [-0.39, 0.29) is 12.5 Å². The van der Waals surface area contributed by atoms with Crippen LogP contribution >= 0.6 is 0 Å². The molecule has 5 nitrogen and oxygen atoms in total. The lowest BCUT2D eigenvalue weighted by Crippen LogP contribution is -2.34. The lowest BCUT2D eigenvalue weighted by Gasteiger charge is -2.21. The molecule has 1 aromatic rings. The molecule has 1 aromatic carbocycles. The van der Waals surface area contributed by atoms with E-state index in [1.807, 2.05) is 17.0 Å². The SMILES string of the molecule is CCCCN(CC(N)=O)Cc1cc(N)cc(OC)c1. The van der Waals surface area contributed by atoms with Gasteiger partial charge in [-0.2, -0.15) is 0 Å². The number of anilines is 1. The average Bonchev–Trinajstić information content (AvgIpc) is 2.34. The molecule has 0 saturated heterocycles. The number of methoxy groups -OCH3 is 1. The van der Waals surface area contributed by atoms with Crippen LogP contribution in [0.3, 0.4) is 0 Å². The zero-order valence-corrected chi connectivity index (χ0v) is 11.7. The molecule has 0 radical (unpaired) electrons. The minimum atomic E-state index is -0.313. The van der Waals surface area contributed by atoms with E-state index in [0.29, 0.717) is 12.2 Å². The molecule has 19 heavy (non-hydrogen) atoms. The van der Waals surface area contributed by atoms with Crippen molar-refractivity contribution in [3.63, 3.8) is 0 Å². The van der Waals surface area contributed by atoms with Crippen LogP contribution in [-0.2, 0) is 11.3 Å². The summed E-state index contributed by atoms with van der Waals surface area (Å²) in [5, 5.41) is 0. The molecule has 0 unspecified atom stereocenters. The number of carbonyl (C=O) groups is 1. The average molecular weight is 265 g/mol. The largest absolute Gasteiger partial charge is 0.497 e. The van der Waals surface area contributed by atoms with Crippen LogP contribution in [0.4, 0.5) is 5.69 Å². The Hall–Kier alpha value is -1.75. The van der Waals surface area contributed by atoms with Gasteiger partial charge in [-0.1, -0.05) is 13.3 Å². The standard InChI is InChI=1S/C14H23N3O2/c1-3-4-5-17(10-14(16)18)9-11-6-12(15)8-13(7-11)19-2/h6-8H,3-5,9-10,15H2,1-2H3,(H2,16,18). The lowest BCUT2D eigenvalue weighted by molar-refractivity contribution is -0.119. The Morgan fingerprint density at radius 3 is 2.68 bits per heavy atom. The summed E-state index contributed by atoms with van der Waals surface area (Å²) >= 11 is 0. The summed E-state index contributed by atoms with van der Waals surface area (Å²) < 4.78 is 5.19. The number of nitrogen functional groups attached to an aromatic ring is 1. The van der Waals surface area contributed by atoms with E-state index in [9.17, 15) is 4.79 Å². The third kappa shape index (κ3) is 5.61. The molecule has 0 fully saturated rings. The second-order valence-electron chi connectivity index (χ2n) is 4.64. The first-order valence-corrected chi connectivity index (χ1v) is 6.49. The van der Waals surface area contributed by atoms with Gasteiger partial charge in [-0.3, -0.25) is 9.69 Å². The van der Waals surface area contributed by atoms with Gasteiger partial charge >= 0.3 is 0 Å². The number of nitrogens with zero attached hydrogens (tertiary/aromatic N) is 1. The molecule has 106 valence electrons. The molecule has 0 saturated carbocycles. The Balaban J connectivity index is 2.76. The lowest BCUT2D eigenvalue weighted by atomic mass is 10.1. The second-order valence-corrected chi connectivity index (χ2v) is 4.64. The van der Waals surface area contributed by atoms with Crippen molar-refractivity contribution in [3.8, 4) is 5.75 Å². The van der Waals surface area contributed by atoms with Gasteiger partial charge in [-0.15, -0.1) is 0 Å². The van der Waals surface area contributed by atoms with Crippen molar-refractivity contribution in [3.05, 3.63) is 23.8 Å². The molecule has 0 bridgehead atoms. The predicted octanol–water partition coefficient (Wildman–Crippen LogP) is 1.36. The number of ether oxygens (including phenoxy) is 1. The number of carbonyl (C=O) groups excluding carboxylic acids is 1. The number of primary amides is 1. The Morgan fingerprint density at radius 1 is 1.37 bits per heavy atom. The number of rotatable bonds is 8. The number of benzene rings is 1. The summed E-state index contributed by atoms with van der Waals surface area (Å²) in [7, 11) is 1.61. The first-order valence-electron chi connectivity index (χ1n) is 6.49. The molecular weight excluding hydrogens is 242 g/mol. The molecule has 1 amide bonds. The fraction of sp³-hybridized carbons (Fsp3) is 0.500. The van der Waals surface area contributed by atoms with E-state index in [0.717, 1.165) is 30.7 Å².